The van der Waals surface area contributed by atoms with Gasteiger partial charge in [0.1, 0.15) is 0 Å². The first kappa shape index (κ1) is 10.7. The Morgan fingerprint density at radius 3 is 3.00 bits per heavy atom. The largest absolute Gasteiger partial charge is 0.313 e. The third-order valence-corrected chi connectivity index (χ3v) is 2.45. The minimum atomic E-state index is 0.722. The zero-order valence-corrected chi connectivity index (χ0v) is 8.97. The Labute approximate surface area is 82.0 Å². The summed E-state index contributed by atoms with van der Waals surface area (Å²) in [6.45, 7) is 12.9. The number of hydrogen-bond acceptors (Lipinski definition) is 2. The maximum absolute atomic E-state index is 3.94. The summed E-state index contributed by atoms with van der Waals surface area (Å²) in [5.74, 6) is 0. The molecule has 0 saturated carbocycles. The summed E-state index contributed by atoms with van der Waals surface area (Å²) in [5.41, 5.74) is 1.27. The Morgan fingerprint density at radius 1 is 1.62 bits per heavy atom. The molecule has 1 heterocycles. The zero-order valence-electron chi connectivity index (χ0n) is 8.97. The molecule has 1 N–H and O–H groups in total. The SMILES string of the molecule is C=C(C)CN1CCC(NCCC)C1. The second kappa shape index (κ2) is 5.40. The monoisotopic (exact) mass is 182 g/mol. The van der Waals surface area contributed by atoms with E-state index >= 15 is 0 Å². The Balaban J connectivity index is 2.16. The molecule has 1 saturated heterocycles. The smallest absolute Gasteiger partial charge is 0.0207 e. The van der Waals surface area contributed by atoms with Gasteiger partial charge in [0, 0.05) is 25.7 Å². The van der Waals surface area contributed by atoms with Crippen LogP contribution in [-0.4, -0.2) is 37.1 Å². The van der Waals surface area contributed by atoms with Gasteiger partial charge in [-0.25, -0.2) is 0 Å². The predicted octanol–water partition coefficient (Wildman–Crippen LogP) is 1.64. The van der Waals surface area contributed by atoms with Gasteiger partial charge in [-0.1, -0.05) is 19.1 Å². The summed E-state index contributed by atoms with van der Waals surface area (Å²) in [6, 6.07) is 0.722. The van der Waals surface area contributed by atoms with Gasteiger partial charge in [0.15, 0.2) is 0 Å². The molecule has 1 aliphatic heterocycles. The van der Waals surface area contributed by atoms with Crippen LogP contribution in [0.5, 0.6) is 0 Å². The number of nitrogens with zero attached hydrogens (tertiary/aromatic N) is 1. The Kier molecular flexibility index (Phi) is 4.46. The summed E-state index contributed by atoms with van der Waals surface area (Å²) >= 11 is 0. The van der Waals surface area contributed by atoms with Crippen LogP contribution >= 0.6 is 0 Å². The first-order chi connectivity index (χ1) is 6.22. The third-order valence-electron chi connectivity index (χ3n) is 2.45. The molecule has 0 amide bonds. The molecule has 0 aliphatic carbocycles. The first-order valence-electron chi connectivity index (χ1n) is 5.32. The molecule has 1 fully saturated rings. The lowest BCUT2D eigenvalue weighted by atomic mass is 10.2. The van der Waals surface area contributed by atoms with Crippen LogP contribution in [0.2, 0.25) is 0 Å². The van der Waals surface area contributed by atoms with E-state index in [4.69, 9.17) is 0 Å². The molecule has 76 valence electrons. The lowest BCUT2D eigenvalue weighted by Crippen LogP contribution is -2.33. The van der Waals surface area contributed by atoms with E-state index in [1.54, 1.807) is 0 Å². The maximum atomic E-state index is 3.94. The molecule has 1 atom stereocenters. The normalized spacial score (nSPS) is 23.7. The van der Waals surface area contributed by atoms with E-state index < -0.39 is 0 Å². The topological polar surface area (TPSA) is 15.3 Å². The lowest BCUT2D eigenvalue weighted by molar-refractivity contribution is 0.355. The van der Waals surface area contributed by atoms with Crippen molar-refractivity contribution in [2.24, 2.45) is 0 Å². The second-order valence-corrected chi connectivity index (χ2v) is 4.13. The molecule has 1 aliphatic rings. The van der Waals surface area contributed by atoms with Gasteiger partial charge in [-0.2, -0.15) is 0 Å². The Bertz CT molecular complexity index is 165. The molecular formula is C11H22N2. The molecule has 0 bridgehead atoms. The Hall–Kier alpha value is -0.340. The maximum Gasteiger partial charge on any atom is 0.0207 e. The minimum Gasteiger partial charge on any atom is -0.313 e. The van der Waals surface area contributed by atoms with Crippen LogP contribution in [-0.2, 0) is 0 Å². The average Bonchev–Trinajstić information content (AvgIpc) is 2.48. The van der Waals surface area contributed by atoms with Gasteiger partial charge in [0.2, 0.25) is 0 Å². The molecule has 1 rings (SSSR count). The van der Waals surface area contributed by atoms with E-state index in [1.165, 1.54) is 31.5 Å². The highest BCUT2D eigenvalue weighted by atomic mass is 15.2. The highest BCUT2D eigenvalue weighted by Crippen LogP contribution is 2.10. The van der Waals surface area contributed by atoms with Gasteiger partial charge in [-0.15, -0.1) is 0 Å². The van der Waals surface area contributed by atoms with E-state index in [2.05, 4.69) is 30.6 Å². The van der Waals surface area contributed by atoms with Crippen molar-refractivity contribution in [1.82, 2.24) is 10.2 Å². The van der Waals surface area contributed by atoms with E-state index in [0.717, 1.165) is 19.1 Å². The van der Waals surface area contributed by atoms with Crippen molar-refractivity contribution in [1.29, 1.82) is 0 Å². The number of nitrogens with one attached hydrogen (secondary N) is 1. The fraction of sp³-hybridized carbons (Fsp3) is 0.818. The summed E-state index contributed by atoms with van der Waals surface area (Å²) in [4.78, 5) is 2.48. The van der Waals surface area contributed by atoms with Gasteiger partial charge in [0.05, 0.1) is 0 Å². The highest BCUT2D eigenvalue weighted by molar-refractivity contribution is 4.94. The van der Waals surface area contributed by atoms with Crippen LogP contribution in [0.1, 0.15) is 26.7 Å². The molecule has 13 heavy (non-hydrogen) atoms. The number of hydrogen-bond donors (Lipinski definition) is 1. The zero-order chi connectivity index (χ0) is 9.68. The molecule has 0 aromatic heterocycles. The molecule has 2 nitrogen and oxygen atoms in total. The van der Waals surface area contributed by atoms with Crippen molar-refractivity contribution in [3.05, 3.63) is 12.2 Å². The molecule has 0 aromatic carbocycles. The van der Waals surface area contributed by atoms with Gasteiger partial charge in [0.25, 0.3) is 0 Å². The van der Waals surface area contributed by atoms with Gasteiger partial charge in [-0.05, 0) is 26.3 Å². The van der Waals surface area contributed by atoms with Gasteiger partial charge in [-0.3, -0.25) is 4.90 Å². The molecule has 1 unspecified atom stereocenters. The number of rotatable bonds is 5. The summed E-state index contributed by atoms with van der Waals surface area (Å²) in [5, 5.41) is 3.56. The minimum absolute atomic E-state index is 0.722. The van der Waals surface area contributed by atoms with Crippen molar-refractivity contribution in [2.45, 2.75) is 32.7 Å². The summed E-state index contributed by atoms with van der Waals surface area (Å²) < 4.78 is 0. The molecule has 0 spiro atoms. The second-order valence-electron chi connectivity index (χ2n) is 4.13. The van der Waals surface area contributed by atoms with Crippen LogP contribution < -0.4 is 5.32 Å². The van der Waals surface area contributed by atoms with Crippen molar-refractivity contribution < 1.29 is 0 Å². The molecule has 2 heteroatoms. The highest BCUT2D eigenvalue weighted by Gasteiger charge is 2.20. The van der Waals surface area contributed by atoms with Crippen molar-refractivity contribution in [3.63, 3.8) is 0 Å². The van der Waals surface area contributed by atoms with Crippen molar-refractivity contribution >= 4 is 0 Å². The van der Waals surface area contributed by atoms with Crippen molar-refractivity contribution in [2.75, 3.05) is 26.2 Å². The van der Waals surface area contributed by atoms with E-state index in [0.29, 0.717) is 0 Å². The van der Waals surface area contributed by atoms with Gasteiger partial charge < -0.3 is 5.32 Å². The quantitative estimate of drug-likeness (QED) is 0.650. The average molecular weight is 182 g/mol. The van der Waals surface area contributed by atoms with E-state index in [-0.39, 0.29) is 0 Å². The van der Waals surface area contributed by atoms with Crippen LogP contribution in [0, 0.1) is 0 Å². The molecule has 0 aromatic rings. The molecule has 0 radical (unpaired) electrons. The van der Waals surface area contributed by atoms with E-state index in [1.807, 2.05) is 0 Å². The number of likely N-dealkylation sites (tertiary alicyclic amines) is 1. The third kappa shape index (κ3) is 3.92. The fourth-order valence-electron chi connectivity index (χ4n) is 1.87. The van der Waals surface area contributed by atoms with Crippen LogP contribution in [0.25, 0.3) is 0 Å². The fourth-order valence-corrected chi connectivity index (χ4v) is 1.87. The first-order valence-corrected chi connectivity index (χ1v) is 5.32. The van der Waals surface area contributed by atoms with Gasteiger partial charge >= 0.3 is 0 Å². The molecular weight excluding hydrogens is 160 g/mol. The summed E-state index contributed by atoms with van der Waals surface area (Å²) in [7, 11) is 0. The van der Waals surface area contributed by atoms with Crippen LogP contribution in [0.4, 0.5) is 0 Å². The van der Waals surface area contributed by atoms with Crippen molar-refractivity contribution in [3.8, 4) is 0 Å². The standard InChI is InChI=1S/C11H22N2/c1-4-6-12-11-5-7-13(9-11)8-10(2)3/h11-12H,2,4-9H2,1,3H3. The van der Waals surface area contributed by atoms with Crippen LogP contribution in [0.3, 0.4) is 0 Å². The van der Waals surface area contributed by atoms with E-state index in [9.17, 15) is 0 Å². The predicted molar refractivity (Wildman–Crippen MR) is 58.0 cm³/mol. The van der Waals surface area contributed by atoms with Crippen LogP contribution in [0.15, 0.2) is 12.2 Å². The lowest BCUT2D eigenvalue weighted by Gasteiger charge is -2.16. The summed E-state index contributed by atoms with van der Waals surface area (Å²) in [6.07, 6.45) is 2.53. The Morgan fingerprint density at radius 2 is 2.38 bits per heavy atom.